The van der Waals surface area contributed by atoms with Crippen LogP contribution >= 0.6 is 11.3 Å². The number of rotatable bonds is 3. The molecule has 3 nitrogen and oxygen atoms in total. The Morgan fingerprint density at radius 3 is 2.64 bits per heavy atom. The lowest BCUT2D eigenvalue weighted by molar-refractivity contribution is -0.112. The maximum absolute atomic E-state index is 11.3. The van der Waals surface area contributed by atoms with Crippen molar-refractivity contribution >= 4 is 23.1 Å². The molecule has 74 valence electrons. The second-order valence-corrected chi connectivity index (χ2v) is 3.68. The minimum absolute atomic E-state index is 0.138. The van der Waals surface area contributed by atoms with Crippen LogP contribution in [0.2, 0.25) is 0 Å². The van der Waals surface area contributed by atoms with E-state index in [0.29, 0.717) is 10.6 Å². The summed E-state index contributed by atoms with van der Waals surface area (Å²) in [6.45, 7) is 2.98. The van der Waals surface area contributed by atoms with Crippen LogP contribution in [0.5, 0.6) is 0 Å². The van der Waals surface area contributed by atoms with E-state index in [1.807, 2.05) is 0 Å². The molecule has 0 aliphatic heterocycles. The van der Waals surface area contributed by atoms with E-state index >= 15 is 0 Å². The van der Waals surface area contributed by atoms with Crippen LogP contribution in [-0.2, 0) is 9.53 Å². The summed E-state index contributed by atoms with van der Waals surface area (Å²) in [6, 6.07) is 3.44. The standard InChI is InChI=1S/C10H10O3S/c1-7(11)6-8(2)13-10(12)9-4-3-5-14-9/h3-6H,1-2H3/b8-6+. The topological polar surface area (TPSA) is 43.4 Å². The fraction of sp³-hybridized carbons (Fsp3) is 0.200. The van der Waals surface area contributed by atoms with Gasteiger partial charge in [0.05, 0.1) is 0 Å². The fourth-order valence-electron chi connectivity index (χ4n) is 0.907. The van der Waals surface area contributed by atoms with Gasteiger partial charge in [0.2, 0.25) is 0 Å². The van der Waals surface area contributed by atoms with Crippen molar-refractivity contribution in [1.29, 1.82) is 0 Å². The minimum Gasteiger partial charge on any atom is -0.427 e. The van der Waals surface area contributed by atoms with E-state index in [4.69, 9.17) is 4.74 Å². The monoisotopic (exact) mass is 210 g/mol. The summed E-state index contributed by atoms with van der Waals surface area (Å²) in [6.07, 6.45) is 1.28. The molecular formula is C10H10O3S. The minimum atomic E-state index is -0.421. The van der Waals surface area contributed by atoms with Gasteiger partial charge < -0.3 is 4.74 Å². The van der Waals surface area contributed by atoms with Gasteiger partial charge in [0, 0.05) is 6.08 Å². The zero-order chi connectivity index (χ0) is 10.6. The molecule has 0 fully saturated rings. The Hall–Kier alpha value is -1.42. The van der Waals surface area contributed by atoms with E-state index in [9.17, 15) is 9.59 Å². The quantitative estimate of drug-likeness (QED) is 0.437. The van der Waals surface area contributed by atoms with Crippen LogP contribution in [0.1, 0.15) is 23.5 Å². The van der Waals surface area contributed by atoms with Gasteiger partial charge in [0.1, 0.15) is 10.6 Å². The van der Waals surface area contributed by atoms with Crippen LogP contribution in [0.4, 0.5) is 0 Å². The van der Waals surface area contributed by atoms with E-state index in [2.05, 4.69) is 0 Å². The van der Waals surface area contributed by atoms with Crippen LogP contribution in [0.25, 0.3) is 0 Å². The molecule has 14 heavy (non-hydrogen) atoms. The van der Waals surface area contributed by atoms with E-state index in [1.54, 1.807) is 24.4 Å². The Morgan fingerprint density at radius 1 is 1.43 bits per heavy atom. The van der Waals surface area contributed by atoms with Crippen molar-refractivity contribution in [2.75, 3.05) is 0 Å². The summed E-state index contributed by atoms with van der Waals surface area (Å²) in [5.74, 6) is -0.243. The van der Waals surface area contributed by atoms with Crippen molar-refractivity contribution in [3.63, 3.8) is 0 Å². The lowest BCUT2D eigenvalue weighted by Gasteiger charge is -2.00. The number of esters is 1. The predicted molar refractivity (Wildman–Crippen MR) is 54.2 cm³/mol. The third kappa shape index (κ3) is 3.14. The first-order valence-electron chi connectivity index (χ1n) is 4.04. The molecule has 0 saturated carbocycles. The van der Waals surface area contributed by atoms with Crippen LogP contribution in [0.15, 0.2) is 29.3 Å². The first-order valence-corrected chi connectivity index (χ1v) is 4.92. The van der Waals surface area contributed by atoms with Crippen LogP contribution in [0, 0.1) is 0 Å². The molecule has 1 rings (SSSR count). The molecule has 0 aromatic carbocycles. The van der Waals surface area contributed by atoms with Crippen LogP contribution < -0.4 is 0 Å². The molecule has 0 N–H and O–H groups in total. The number of thiophene rings is 1. The van der Waals surface area contributed by atoms with Gasteiger partial charge in [0.25, 0.3) is 0 Å². The zero-order valence-electron chi connectivity index (χ0n) is 7.94. The molecule has 0 amide bonds. The van der Waals surface area contributed by atoms with Gasteiger partial charge in [-0.2, -0.15) is 0 Å². The number of ether oxygens (including phenoxy) is 1. The number of hydrogen-bond acceptors (Lipinski definition) is 4. The van der Waals surface area contributed by atoms with Crippen molar-refractivity contribution < 1.29 is 14.3 Å². The zero-order valence-corrected chi connectivity index (χ0v) is 8.76. The molecule has 0 bridgehead atoms. The van der Waals surface area contributed by atoms with E-state index in [-0.39, 0.29) is 5.78 Å². The van der Waals surface area contributed by atoms with Crippen molar-refractivity contribution in [3.05, 3.63) is 34.2 Å². The molecule has 0 spiro atoms. The summed E-state index contributed by atoms with van der Waals surface area (Å²) in [7, 11) is 0. The molecule has 1 heterocycles. The molecular weight excluding hydrogens is 200 g/mol. The number of carbonyl (C=O) groups is 2. The number of allylic oxidation sites excluding steroid dienone is 2. The highest BCUT2D eigenvalue weighted by Crippen LogP contribution is 2.12. The first kappa shape index (κ1) is 10.7. The van der Waals surface area contributed by atoms with Gasteiger partial charge in [-0.1, -0.05) is 6.07 Å². The number of carbonyl (C=O) groups excluding carboxylic acids is 2. The third-order valence-electron chi connectivity index (χ3n) is 1.38. The van der Waals surface area contributed by atoms with Crippen LogP contribution in [0.3, 0.4) is 0 Å². The van der Waals surface area contributed by atoms with Crippen molar-refractivity contribution in [2.24, 2.45) is 0 Å². The van der Waals surface area contributed by atoms with Gasteiger partial charge in [-0.3, -0.25) is 4.79 Å². The van der Waals surface area contributed by atoms with Gasteiger partial charge in [-0.25, -0.2) is 4.79 Å². The Bertz CT molecular complexity index is 363. The SMILES string of the molecule is CC(=O)/C=C(\C)OC(=O)c1cccs1. The highest BCUT2D eigenvalue weighted by Gasteiger charge is 2.08. The molecule has 0 aliphatic carbocycles. The van der Waals surface area contributed by atoms with Crippen LogP contribution in [-0.4, -0.2) is 11.8 Å². The summed E-state index contributed by atoms with van der Waals surface area (Å²) in [5.41, 5.74) is 0. The largest absolute Gasteiger partial charge is 0.427 e. The maximum Gasteiger partial charge on any atom is 0.353 e. The highest BCUT2D eigenvalue weighted by molar-refractivity contribution is 7.11. The second kappa shape index (κ2) is 4.72. The molecule has 0 aliphatic rings. The molecule has 0 unspecified atom stereocenters. The van der Waals surface area contributed by atoms with Crippen molar-refractivity contribution in [3.8, 4) is 0 Å². The fourth-order valence-corrected chi connectivity index (χ4v) is 1.51. The maximum atomic E-state index is 11.3. The highest BCUT2D eigenvalue weighted by atomic mass is 32.1. The van der Waals surface area contributed by atoms with Crippen molar-refractivity contribution in [2.45, 2.75) is 13.8 Å². The smallest absolute Gasteiger partial charge is 0.353 e. The Labute approximate surface area is 86.0 Å². The Morgan fingerprint density at radius 2 is 2.14 bits per heavy atom. The van der Waals surface area contributed by atoms with E-state index in [0.717, 1.165) is 0 Å². The second-order valence-electron chi connectivity index (χ2n) is 2.73. The van der Waals surface area contributed by atoms with E-state index < -0.39 is 5.97 Å². The third-order valence-corrected chi connectivity index (χ3v) is 2.23. The van der Waals surface area contributed by atoms with Gasteiger partial charge in [-0.05, 0) is 25.3 Å². The summed E-state index contributed by atoms with van der Waals surface area (Å²) in [4.78, 5) is 22.5. The Kier molecular flexibility index (Phi) is 3.59. The normalized spacial score (nSPS) is 11.1. The number of ketones is 1. The van der Waals surface area contributed by atoms with Gasteiger partial charge >= 0.3 is 5.97 Å². The summed E-state index contributed by atoms with van der Waals surface area (Å²) < 4.78 is 4.92. The first-order chi connectivity index (χ1) is 6.59. The summed E-state index contributed by atoms with van der Waals surface area (Å²) in [5, 5.41) is 1.79. The van der Waals surface area contributed by atoms with Crippen molar-refractivity contribution in [1.82, 2.24) is 0 Å². The average Bonchev–Trinajstić information content (AvgIpc) is 2.53. The lowest BCUT2D eigenvalue weighted by atomic mass is 10.4. The lowest BCUT2D eigenvalue weighted by Crippen LogP contribution is -2.02. The van der Waals surface area contributed by atoms with Gasteiger partial charge in [-0.15, -0.1) is 11.3 Å². The summed E-state index contributed by atoms with van der Waals surface area (Å²) >= 11 is 1.31. The van der Waals surface area contributed by atoms with Gasteiger partial charge in [0.15, 0.2) is 5.78 Å². The molecule has 0 radical (unpaired) electrons. The predicted octanol–water partition coefficient (Wildman–Crippen LogP) is 2.40. The number of hydrogen-bond donors (Lipinski definition) is 0. The molecule has 4 heteroatoms. The molecule has 0 atom stereocenters. The van der Waals surface area contributed by atoms with E-state index in [1.165, 1.54) is 24.3 Å². The average molecular weight is 210 g/mol. The Balaban J connectivity index is 2.62. The molecule has 1 aromatic rings. The molecule has 1 aromatic heterocycles. The molecule has 0 saturated heterocycles.